The van der Waals surface area contributed by atoms with E-state index in [9.17, 15) is 13.6 Å². The van der Waals surface area contributed by atoms with Gasteiger partial charge in [0.2, 0.25) is 0 Å². The van der Waals surface area contributed by atoms with Gasteiger partial charge in [0.05, 0.1) is 0 Å². The van der Waals surface area contributed by atoms with Crippen molar-refractivity contribution in [2.24, 2.45) is 0 Å². The van der Waals surface area contributed by atoms with Crippen molar-refractivity contribution >= 4 is 11.7 Å². The van der Waals surface area contributed by atoms with E-state index in [0.29, 0.717) is 0 Å². The number of alkyl halides is 2. The number of nitrogens with zero attached hydrogens (tertiary/aromatic N) is 1. The number of pyridine rings is 1. The predicted molar refractivity (Wildman–Crippen MR) is 43.6 cm³/mol. The van der Waals surface area contributed by atoms with Gasteiger partial charge in [0, 0.05) is 6.20 Å². The molecule has 0 saturated carbocycles. The standard InChI is InChI=1S/C8H8F2N2O/c1-5-2-3-6(11-4-5)12-8(13)7(9)10/h2-4,7H,1H3,(H,11,12,13). The topological polar surface area (TPSA) is 42.0 Å². The van der Waals surface area contributed by atoms with Crippen LogP contribution in [0.3, 0.4) is 0 Å². The third-order valence-electron chi connectivity index (χ3n) is 1.36. The number of hydrogen-bond acceptors (Lipinski definition) is 2. The number of amides is 1. The van der Waals surface area contributed by atoms with Crippen LogP contribution in [0, 0.1) is 6.92 Å². The highest BCUT2D eigenvalue weighted by Gasteiger charge is 2.14. The second-order valence-electron chi connectivity index (χ2n) is 2.51. The van der Waals surface area contributed by atoms with Crippen LogP contribution < -0.4 is 5.32 Å². The molecule has 1 rings (SSSR count). The number of halogens is 2. The molecule has 0 aromatic carbocycles. The Hall–Kier alpha value is -1.52. The molecule has 0 radical (unpaired) electrons. The van der Waals surface area contributed by atoms with Crippen LogP contribution in [0.15, 0.2) is 18.3 Å². The van der Waals surface area contributed by atoms with Gasteiger partial charge in [-0.2, -0.15) is 8.78 Å². The molecule has 0 spiro atoms. The number of nitrogens with one attached hydrogen (secondary N) is 1. The summed E-state index contributed by atoms with van der Waals surface area (Å²) in [6, 6.07) is 3.14. The molecular weight excluding hydrogens is 178 g/mol. The van der Waals surface area contributed by atoms with Gasteiger partial charge in [-0.3, -0.25) is 4.79 Å². The molecule has 1 amide bonds. The van der Waals surface area contributed by atoms with Crippen molar-refractivity contribution in [1.82, 2.24) is 4.98 Å². The SMILES string of the molecule is Cc1ccc(NC(=O)C(F)F)nc1. The lowest BCUT2D eigenvalue weighted by molar-refractivity contribution is -0.126. The highest BCUT2D eigenvalue weighted by molar-refractivity contribution is 5.92. The fourth-order valence-electron chi connectivity index (χ4n) is 0.723. The highest BCUT2D eigenvalue weighted by Crippen LogP contribution is 2.05. The third-order valence-corrected chi connectivity index (χ3v) is 1.36. The number of aromatic nitrogens is 1. The Morgan fingerprint density at radius 3 is 2.69 bits per heavy atom. The summed E-state index contributed by atoms with van der Waals surface area (Å²) in [6.45, 7) is 1.81. The largest absolute Gasteiger partial charge is 0.315 e. The van der Waals surface area contributed by atoms with E-state index in [-0.39, 0.29) is 5.82 Å². The summed E-state index contributed by atoms with van der Waals surface area (Å²) in [5.74, 6) is -1.20. The average Bonchev–Trinajstić information content (AvgIpc) is 2.08. The molecule has 0 atom stereocenters. The smallest absolute Gasteiger partial charge is 0.306 e. The van der Waals surface area contributed by atoms with Crippen molar-refractivity contribution in [3.8, 4) is 0 Å². The molecule has 0 aliphatic heterocycles. The molecule has 0 aliphatic carbocycles. The number of aryl methyl sites for hydroxylation is 1. The molecule has 3 nitrogen and oxygen atoms in total. The van der Waals surface area contributed by atoms with Crippen molar-refractivity contribution in [3.63, 3.8) is 0 Å². The van der Waals surface area contributed by atoms with Crippen LogP contribution in [0.4, 0.5) is 14.6 Å². The number of rotatable bonds is 2. The highest BCUT2D eigenvalue weighted by atomic mass is 19.3. The number of carbonyl (C=O) groups excluding carboxylic acids is 1. The molecule has 13 heavy (non-hydrogen) atoms. The second kappa shape index (κ2) is 3.93. The van der Waals surface area contributed by atoms with E-state index in [2.05, 4.69) is 4.98 Å². The van der Waals surface area contributed by atoms with E-state index in [1.54, 1.807) is 6.07 Å². The summed E-state index contributed by atoms with van der Waals surface area (Å²) in [4.78, 5) is 14.2. The lowest BCUT2D eigenvalue weighted by Crippen LogP contribution is -2.20. The van der Waals surface area contributed by atoms with Crippen LogP contribution in [0.2, 0.25) is 0 Å². The van der Waals surface area contributed by atoms with Gasteiger partial charge < -0.3 is 5.32 Å². The van der Waals surface area contributed by atoms with Crippen molar-refractivity contribution in [1.29, 1.82) is 0 Å². The van der Waals surface area contributed by atoms with Gasteiger partial charge in [0.25, 0.3) is 5.91 Å². The van der Waals surface area contributed by atoms with E-state index in [4.69, 9.17) is 0 Å². The van der Waals surface area contributed by atoms with Crippen molar-refractivity contribution in [2.75, 3.05) is 5.32 Å². The summed E-state index contributed by atoms with van der Waals surface area (Å²) in [5.41, 5.74) is 0.898. The first-order valence-electron chi connectivity index (χ1n) is 3.61. The monoisotopic (exact) mass is 186 g/mol. The van der Waals surface area contributed by atoms with Crippen LogP contribution in [-0.2, 0) is 4.79 Å². The Morgan fingerprint density at radius 1 is 1.54 bits per heavy atom. The Morgan fingerprint density at radius 2 is 2.23 bits per heavy atom. The molecule has 0 fully saturated rings. The van der Waals surface area contributed by atoms with Crippen LogP contribution in [-0.4, -0.2) is 17.3 Å². The quantitative estimate of drug-likeness (QED) is 0.762. The average molecular weight is 186 g/mol. The molecule has 0 bridgehead atoms. The van der Waals surface area contributed by atoms with Crippen LogP contribution in [0.5, 0.6) is 0 Å². The molecular formula is C8H8F2N2O. The molecule has 1 heterocycles. The van der Waals surface area contributed by atoms with Crippen molar-refractivity contribution < 1.29 is 13.6 Å². The molecule has 0 aliphatic rings. The van der Waals surface area contributed by atoms with Gasteiger partial charge in [-0.15, -0.1) is 0 Å². The van der Waals surface area contributed by atoms with E-state index >= 15 is 0 Å². The Bertz CT molecular complexity index is 298. The van der Waals surface area contributed by atoms with Gasteiger partial charge in [-0.1, -0.05) is 6.07 Å². The van der Waals surface area contributed by atoms with E-state index < -0.39 is 12.3 Å². The lowest BCUT2D eigenvalue weighted by atomic mass is 10.3. The summed E-state index contributed by atoms with van der Waals surface area (Å²) >= 11 is 0. The van der Waals surface area contributed by atoms with Gasteiger partial charge in [-0.25, -0.2) is 4.98 Å². The molecule has 70 valence electrons. The lowest BCUT2D eigenvalue weighted by Gasteiger charge is -2.02. The minimum Gasteiger partial charge on any atom is -0.306 e. The fourth-order valence-corrected chi connectivity index (χ4v) is 0.723. The first-order valence-corrected chi connectivity index (χ1v) is 3.61. The maximum Gasteiger partial charge on any atom is 0.315 e. The van der Waals surface area contributed by atoms with Gasteiger partial charge >= 0.3 is 6.43 Å². The van der Waals surface area contributed by atoms with E-state index in [1.165, 1.54) is 12.3 Å². The fraction of sp³-hybridized carbons (Fsp3) is 0.250. The first kappa shape index (κ1) is 9.57. The number of anilines is 1. The molecule has 0 saturated heterocycles. The Labute approximate surface area is 73.8 Å². The Balaban J connectivity index is 2.65. The minimum atomic E-state index is -3.01. The molecule has 1 aromatic rings. The summed E-state index contributed by atoms with van der Waals surface area (Å²) in [5, 5.41) is 1.97. The van der Waals surface area contributed by atoms with E-state index in [0.717, 1.165) is 5.56 Å². The second-order valence-corrected chi connectivity index (χ2v) is 2.51. The first-order chi connectivity index (χ1) is 6.09. The molecule has 1 aromatic heterocycles. The third kappa shape index (κ3) is 2.77. The van der Waals surface area contributed by atoms with Crippen LogP contribution >= 0.6 is 0 Å². The summed E-state index contributed by atoms with van der Waals surface area (Å²) in [7, 11) is 0. The maximum absolute atomic E-state index is 11.8. The summed E-state index contributed by atoms with van der Waals surface area (Å²) in [6.07, 6.45) is -1.52. The predicted octanol–water partition coefficient (Wildman–Crippen LogP) is 1.59. The van der Waals surface area contributed by atoms with Crippen molar-refractivity contribution in [2.45, 2.75) is 13.3 Å². The van der Waals surface area contributed by atoms with Gasteiger partial charge in [-0.05, 0) is 18.6 Å². The maximum atomic E-state index is 11.8. The molecule has 0 unspecified atom stereocenters. The molecule has 5 heteroatoms. The minimum absolute atomic E-state index is 0.135. The van der Waals surface area contributed by atoms with Gasteiger partial charge in [0.15, 0.2) is 0 Å². The zero-order valence-corrected chi connectivity index (χ0v) is 6.92. The Kier molecular flexibility index (Phi) is 2.89. The normalized spacial score (nSPS) is 10.2. The van der Waals surface area contributed by atoms with Crippen LogP contribution in [0.25, 0.3) is 0 Å². The summed E-state index contributed by atoms with van der Waals surface area (Å²) < 4.78 is 23.5. The zero-order valence-electron chi connectivity index (χ0n) is 6.92. The number of hydrogen-bond donors (Lipinski definition) is 1. The van der Waals surface area contributed by atoms with E-state index in [1.807, 2.05) is 12.2 Å². The van der Waals surface area contributed by atoms with Gasteiger partial charge in [0.1, 0.15) is 5.82 Å². The number of carbonyl (C=O) groups is 1. The van der Waals surface area contributed by atoms with Crippen LogP contribution in [0.1, 0.15) is 5.56 Å². The van der Waals surface area contributed by atoms with Crippen molar-refractivity contribution in [3.05, 3.63) is 23.9 Å². The zero-order chi connectivity index (χ0) is 9.84. The molecule has 1 N–H and O–H groups in total.